The van der Waals surface area contributed by atoms with Crippen molar-refractivity contribution in [3.05, 3.63) is 46.1 Å². The zero-order valence-electron chi connectivity index (χ0n) is 10.1. The summed E-state index contributed by atoms with van der Waals surface area (Å²) < 4.78 is 0.874. The molecule has 0 bridgehead atoms. The fourth-order valence-corrected chi connectivity index (χ4v) is 2.36. The van der Waals surface area contributed by atoms with E-state index in [-0.39, 0.29) is 11.8 Å². The van der Waals surface area contributed by atoms with Crippen LogP contribution < -0.4 is 0 Å². The zero-order valence-corrected chi connectivity index (χ0v) is 11.7. The van der Waals surface area contributed by atoms with Gasteiger partial charge in [-0.25, -0.2) is 4.90 Å². The van der Waals surface area contributed by atoms with Gasteiger partial charge >= 0.3 is 0 Å². The van der Waals surface area contributed by atoms with Gasteiger partial charge in [0.1, 0.15) is 0 Å². The average molecular weight is 308 g/mol. The van der Waals surface area contributed by atoms with E-state index in [0.717, 1.165) is 23.7 Å². The van der Waals surface area contributed by atoms with E-state index in [1.165, 1.54) is 4.90 Å². The summed E-state index contributed by atoms with van der Waals surface area (Å²) in [5.41, 5.74) is 0.962. The van der Waals surface area contributed by atoms with Crippen LogP contribution >= 0.6 is 15.9 Å². The van der Waals surface area contributed by atoms with E-state index in [2.05, 4.69) is 22.9 Å². The third-order valence-corrected chi connectivity index (χ3v) is 3.47. The van der Waals surface area contributed by atoms with E-state index in [1.807, 2.05) is 0 Å². The lowest BCUT2D eigenvalue weighted by Gasteiger charge is -2.08. The number of allylic oxidation sites excluding steroid dienone is 1. The molecule has 2 rings (SSSR count). The molecule has 4 heteroatoms. The van der Waals surface area contributed by atoms with Gasteiger partial charge in [0.2, 0.25) is 0 Å². The molecule has 0 aromatic heterocycles. The summed E-state index contributed by atoms with van der Waals surface area (Å²) in [4.78, 5) is 25.3. The molecule has 2 amide bonds. The van der Waals surface area contributed by atoms with Crippen molar-refractivity contribution in [3.8, 4) is 0 Å². The SMILES string of the molecule is CCCC/C(Br)=C/N1C(=O)c2ccccc2C1=O. The number of carbonyl (C=O) groups excluding carboxylic acids is 2. The summed E-state index contributed by atoms with van der Waals surface area (Å²) in [5.74, 6) is -0.493. The van der Waals surface area contributed by atoms with Crippen molar-refractivity contribution in [1.29, 1.82) is 0 Å². The molecule has 0 atom stereocenters. The van der Waals surface area contributed by atoms with Gasteiger partial charge in [0.15, 0.2) is 0 Å². The molecule has 1 aliphatic heterocycles. The van der Waals surface area contributed by atoms with E-state index in [0.29, 0.717) is 11.1 Å². The number of carbonyl (C=O) groups is 2. The number of rotatable bonds is 4. The maximum absolute atomic E-state index is 12.1. The molecule has 1 aromatic rings. The number of halogens is 1. The lowest BCUT2D eigenvalue weighted by Crippen LogP contribution is -2.23. The Morgan fingerprint density at radius 1 is 1.22 bits per heavy atom. The molecule has 94 valence electrons. The molecule has 0 N–H and O–H groups in total. The molecule has 0 spiro atoms. The second kappa shape index (κ2) is 5.48. The molecule has 3 nitrogen and oxygen atoms in total. The number of imide groups is 1. The maximum atomic E-state index is 12.1. The first-order valence-electron chi connectivity index (χ1n) is 5.98. The molecule has 0 unspecified atom stereocenters. The van der Waals surface area contributed by atoms with Crippen LogP contribution in [0.4, 0.5) is 0 Å². The van der Waals surface area contributed by atoms with Crippen molar-refractivity contribution in [2.45, 2.75) is 26.2 Å². The smallest absolute Gasteiger partial charge is 0.265 e. The fourth-order valence-electron chi connectivity index (χ4n) is 1.88. The number of hydrogen-bond donors (Lipinski definition) is 0. The third kappa shape index (κ3) is 2.38. The lowest BCUT2D eigenvalue weighted by atomic mass is 10.1. The van der Waals surface area contributed by atoms with E-state index < -0.39 is 0 Å². The van der Waals surface area contributed by atoms with E-state index in [1.54, 1.807) is 30.5 Å². The third-order valence-electron chi connectivity index (χ3n) is 2.86. The predicted molar refractivity (Wildman–Crippen MR) is 73.5 cm³/mol. The van der Waals surface area contributed by atoms with E-state index in [9.17, 15) is 9.59 Å². The van der Waals surface area contributed by atoms with Gasteiger partial charge in [-0.15, -0.1) is 0 Å². The molecule has 1 heterocycles. The minimum atomic E-state index is -0.246. The van der Waals surface area contributed by atoms with Crippen molar-refractivity contribution >= 4 is 27.7 Å². The summed E-state index contributed by atoms with van der Waals surface area (Å²) >= 11 is 3.40. The highest BCUT2D eigenvalue weighted by Crippen LogP contribution is 2.25. The van der Waals surface area contributed by atoms with Gasteiger partial charge in [-0.3, -0.25) is 9.59 Å². The number of hydrogen-bond acceptors (Lipinski definition) is 2. The highest BCUT2D eigenvalue weighted by atomic mass is 79.9. The first-order valence-corrected chi connectivity index (χ1v) is 6.77. The van der Waals surface area contributed by atoms with Crippen molar-refractivity contribution < 1.29 is 9.59 Å². The van der Waals surface area contributed by atoms with Crippen LogP contribution in [0, 0.1) is 0 Å². The second-order valence-corrected chi connectivity index (χ2v) is 5.22. The quantitative estimate of drug-likeness (QED) is 0.795. The van der Waals surface area contributed by atoms with Crippen molar-refractivity contribution in [2.24, 2.45) is 0 Å². The Morgan fingerprint density at radius 2 is 1.78 bits per heavy atom. The average Bonchev–Trinajstić information content (AvgIpc) is 2.62. The van der Waals surface area contributed by atoms with Gasteiger partial charge in [0.25, 0.3) is 11.8 Å². The molecule has 18 heavy (non-hydrogen) atoms. The molecule has 1 aromatic carbocycles. The highest BCUT2D eigenvalue weighted by Gasteiger charge is 2.33. The van der Waals surface area contributed by atoms with Crippen LogP contribution in [0.15, 0.2) is 34.9 Å². The van der Waals surface area contributed by atoms with Crippen molar-refractivity contribution in [1.82, 2.24) is 4.90 Å². The molecule has 0 fully saturated rings. The Bertz CT molecular complexity index is 487. The summed E-state index contributed by atoms with van der Waals surface area (Å²) in [7, 11) is 0. The molecule has 0 radical (unpaired) electrons. The second-order valence-electron chi connectivity index (χ2n) is 4.21. The van der Waals surface area contributed by atoms with Gasteiger partial charge in [-0.1, -0.05) is 41.4 Å². The van der Waals surface area contributed by atoms with Gasteiger partial charge in [0.05, 0.1) is 11.1 Å². The molecule has 0 saturated carbocycles. The molecular formula is C14H14BrNO2. The molecule has 0 aliphatic carbocycles. The molecule has 0 saturated heterocycles. The molecular weight excluding hydrogens is 294 g/mol. The minimum Gasteiger partial charge on any atom is -0.268 e. The lowest BCUT2D eigenvalue weighted by molar-refractivity contribution is 0.0721. The van der Waals surface area contributed by atoms with Crippen LogP contribution in [0.5, 0.6) is 0 Å². The molecule has 1 aliphatic rings. The Morgan fingerprint density at radius 3 is 2.28 bits per heavy atom. The Kier molecular flexibility index (Phi) is 3.97. The van der Waals surface area contributed by atoms with Gasteiger partial charge in [-0.2, -0.15) is 0 Å². The van der Waals surface area contributed by atoms with Crippen LogP contribution in [0.2, 0.25) is 0 Å². The topological polar surface area (TPSA) is 37.4 Å². The predicted octanol–water partition coefficient (Wildman–Crippen LogP) is 3.71. The van der Waals surface area contributed by atoms with E-state index >= 15 is 0 Å². The van der Waals surface area contributed by atoms with Crippen molar-refractivity contribution in [3.63, 3.8) is 0 Å². The first-order chi connectivity index (χ1) is 8.65. The standard InChI is InChI=1S/C14H14BrNO2/c1-2-3-6-10(15)9-16-13(17)11-7-4-5-8-12(11)14(16)18/h4-5,7-9H,2-3,6H2,1H3/b10-9-. The summed E-state index contributed by atoms with van der Waals surface area (Å²) in [6.07, 6.45) is 4.54. The normalized spacial score (nSPS) is 15.2. The zero-order chi connectivity index (χ0) is 13.1. The minimum absolute atomic E-state index is 0.246. The van der Waals surface area contributed by atoms with Crippen LogP contribution in [0.1, 0.15) is 46.9 Å². The summed E-state index contributed by atoms with van der Waals surface area (Å²) in [6, 6.07) is 6.90. The maximum Gasteiger partial charge on any atom is 0.265 e. The van der Waals surface area contributed by atoms with Crippen LogP contribution in [0.3, 0.4) is 0 Å². The summed E-state index contributed by atoms with van der Waals surface area (Å²) in [5, 5.41) is 0. The van der Waals surface area contributed by atoms with E-state index in [4.69, 9.17) is 0 Å². The monoisotopic (exact) mass is 307 g/mol. The summed E-state index contributed by atoms with van der Waals surface area (Å²) in [6.45, 7) is 2.10. The van der Waals surface area contributed by atoms with Gasteiger partial charge in [-0.05, 0) is 25.0 Å². The number of nitrogens with zero attached hydrogens (tertiary/aromatic N) is 1. The first kappa shape index (κ1) is 13.0. The largest absolute Gasteiger partial charge is 0.268 e. The number of amides is 2. The van der Waals surface area contributed by atoms with Crippen LogP contribution in [-0.2, 0) is 0 Å². The number of unbranched alkanes of at least 4 members (excludes halogenated alkanes) is 1. The van der Waals surface area contributed by atoms with Crippen LogP contribution in [-0.4, -0.2) is 16.7 Å². The number of fused-ring (bicyclic) bond motifs is 1. The van der Waals surface area contributed by atoms with Gasteiger partial charge in [0, 0.05) is 10.7 Å². The Hall–Kier alpha value is -1.42. The fraction of sp³-hybridized carbons (Fsp3) is 0.286. The van der Waals surface area contributed by atoms with Crippen molar-refractivity contribution in [2.75, 3.05) is 0 Å². The Labute approximate surface area is 115 Å². The number of benzene rings is 1. The Balaban J connectivity index is 2.23. The highest BCUT2D eigenvalue weighted by molar-refractivity contribution is 9.11. The van der Waals surface area contributed by atoms with Gasteiger partial charge < -0.3 is 0 Å². The van der Waals surface area contributed by atoms with Crippen LogP contribution in [0.25, 0.3) is 0 Å².